The Kier molecular flexibility index (Phi) is 4.33. The van der Waals surface area contributed by atoms with Crippen LogP contribution in [-0.2, 0) is 17.7 Å². The zero-order valence-corrected chi connectivity index (χ0v) is 10.5. The van der Waals surface area contributed by atoms with Gasteiger partial charge in [-0.3, -0.25) is 4.68 Å². The van der Waals surface area contributed by atoms with Crippen molar-refractivity contribution in [2.24, 2.45) is 5.92 Å². The van der Waals surface area contributed by atoms with Crippen molar-refractivity contribution in [2.45, 2.75) is 40.7 Å². The smallest absolute Gasteiger partial charge is 0.0658 e. The Morgan fingerprint density at radius 1 is 1.33 bits per heavy atom. The van der Waals surface area contributed by atoms with Crippen molar-refractivity contribution in [1.82, 2.24) is 9.78 Å². The van der Waals surface area contributed by atoms with Gasteiger partial charge in [0.1, 0.15) is 0 Å². The Morgan fingerprint density at radius 2 is 2.00 bits per heavy atom. The number of rotatable bonds is 5. The first-order valence-corrected chi connectivity index (χ1v) is 5.58. The summed E-state index contributed by atoms with van der Waals surface area (Å²) in [5.74, 6) is 0.683. The molecule has 1 aromatic rings. The topological polar surface area (TPSA) is 27.1 Å². The summed E-state index contributed by atoms with van der Waals surface area (Å²) >= 11 is 0. The summed E-state index contributed by atoms with van der Waals surface area (Å²) in [6.45, 7) is 10.3. The lowest BCUT2D eigenvalue weighted by molar-refractivity contribution is 0.182. The Bertz CT molecular complexity index is 316. The number of aromatic nitrogens is 2. The number of nitrogens with zero attached hydrogens (tertiary/aromatic N) is 2. The summed E-state index contributed by atoms with van der Waals surface area (Å²) < 4.78 is 7.12. The normalized spacial score (nSPS) is 11.3. The van der Waals surface area contributed by atoms with Crippen molar-refractivity contribution in [3.63, 3.8) is 0 Å². The van der Waals surface area contributed by atoms with Crippen LogP contribution >= 0.6 is 0 Å². The molecule has 0 bridgehead atoms. The summed E-state index contributed by atoms with van der Waals surface area (Å²) in [6, 6.07) is 0. The maximum Gasteiger partial charge on any atom is 0.0658 e. The molecular weight excluding hydrogens is 188 g/mol. The molecule has 0 aromatic carbocycles. The molecule has 86 valence electrons. The summed E-state index contributed by atoms with van der Waals surface area (Å²) in [5, 5.41) is 4.54. The minimum atomic E-state index is 0.683. The zero-order chi connectivity index (χ0) is 11.4. The first-order chi connectivity index (χ1) is 7.06. The van der Waals surface area contributed by atoms with Crippen molar-refractivity contribution in [3.05, 3.63) is 17.0 Å². The van der Waals surface area contributed by atoms with Gasteiger partial charge in [-0.15, -0.1) is 0 Å². The van der Waals surface area contributed by atoms with Crippen LogP contribution in [0.15, 0.2) is 0 Å². The van der Waals surface area contributed by atoms with E-state index < -0.39 is 0 Å². The third-order valence-corrected chi connectivity index (χ3v) is 2.65. The highest BCUT2D eigenvalue weighted by atomic mass is 16.5. The molecule has 0 spiro atoms. The molecule has 0 saturated carbocycles. The minimum Gasteiger partial charge on any atom is -0.383 e. The van der Waals surface area contributed by atoms with Crippen LogP contribution in [0.3, 0.4) is 0 Å². The number of hydrogen-bond acceptors (Lipinski definition) is 2. The van der Waals surface area contributed by atoms with Crippen molar-refractivity contribution in [2.75, 3.05) is 13.7 Å². The highest BCUT2D eigenvalue weighted by molar-refractivity contribution is 5.24. The molecule has 0 fully saturated rings. The van der Waals surface area contributed by atoms with Crippen LogP contribution in [0.1, 0.15) is 30.8 Å². The van der Waals surface area contributed by atoms with Crippen molar-refractivity contribution >= 4 is 0 Å². The van der Waals surface area contributed by atoms with Gasteiger partial charge in [-0.2, -0.15) is 5.10 Å². The fourth-order valence-corrected chi connectivity index (χ4v) is 1.83. The highest BCUT2D eigenvalue weighted by Gasteiger charge is 2.12. The maximum absolute atomic E-state index is 5.07. The van der Waals surface area contributed by atoms with Crippen LogP contribution in [0.5, 0.6) is 0 Å². The van der Waals surface area contributed by atoms with Gasteiger partial charge in [-0.25, -0.2) is 0 Å². The molecule has 0 N–H and O–H groups in total. The second kappa shape index (κ2) is 5.31. The second-order valence-electron chi connectivity index (χ2n) is 4.46. The molecule has 0 unspecified atom stereocenters. The lowest BCUT2D eigenvalue weighted by Gasteiger charge is -2.06. The SMILES string of the molecule is COCCn1nc(C)c(CC(C)C)c1C. The summed E-state index contributed by atoms with van der Waals surface area (Å²) in [6.07, 6.45) is 1.12. The molecule has 0 amide bonds. The zero-order valence-electron chi connectivity index (χ0n) is 10.5. The van der Waals surface area contributed by atoms with E-state index in [1.807, 2.05) is 0 Å². The van der Waals surface area contributed by atoms with E-state index in [0.29, 0.717) is 5.92 Å². The van der Waals surface area contributed by atoms with E-state index in [4.69, 9.17) is 4.74 Å². The quantitative estimate of drug-likeness (QED) is 0.746. The first-order valence-electron chi connectivity index (χ1n) is 5.58. The van der Waals surface area contributed by atoms with Crippen LogP contribution in [0.25, 0.3) is 0 Å². The summed E-state index contributed by atoms with van der Waals surface area (Å²) in [7, 11) is 1.72. The van der Waals surface area contributed by atoms with Gasteiger partial charge in [-0.05, 0) is 31.7 Å². The predicted octanol–water partition coefficient (Wildman–Crippen LogP) is 2.34. The average molecular weight is 210 g/mol. The fraction of sp³-hybridized carbons (Fsp3) is 0.750. The minimum absolute atomic E-state index is 0.683. The number of hydrogen-bond donors (Lipinski definition) is 0. The van der Waals surface area contributed by atoms with E-state index in [1.165, 1.54) is 11.3 Å². The van der Waals surface area contributed by atoms with Gasteiger partial charge < -0.3 is 4.74 Å². The molecule has 0 atom stereocenters. The Hall–Kier alpha value is -0.830. The van der Waals surface area contributed by atoms with Gasteiger partial charge in [0, 0.05) is 12.8 Å². The molecular formula is C12H22N2O. The van der Waals surface area contributed by atoms with Crippen LogP contribution in [0.4, 0.5) is 0 Å². The molecule has 1 rings (SSSR count). The van der Waals surface area contributed by atoms with Gasteiger partial charge >= 0.3 is 0 Å². The van der Waals surface area contributed by atoms with Crippen molar-refractivity contribution in [3.8, 4) is 0 Å². The molecule has 1 heterocycles. The Morgan fingerprint density at radius 3 is 2.53 bits per heavy atom. The molecule has 0 aliphatic heterocycles. The molecule has 1 aromatic heterocycles. The number of aryl methyl sites for hydroxylation is 1. The van der Waals surface area contributed by atoms with Gasteiger partial charge in [0.15, 0.2) is 0 Å². The lowest BCUT2D eigenvalue weighted by atomic mass is 10.0. The van der Waals surface area contributed by atoms with Gasteiger partial charge in [0.25, 0.3) is 0 Å². The largest absolute Gasteiger partial charge is 0.383 e. The van der Waals surface area contributed by atoms with Gasteiger partial charge in [0.2, 0.25) is 0 Å². The molecule has 3 heteroatoms. The fourth-order valence-electron chi connectivity index (χ4n) is 1.83. The molecule has 0 radical (unpaired) electrons. The van der Waals surface area contributed by atoms with E-state index in [0.717, 1.165) is 25.3 Å². The highest BCUT2D eigenvalue weighted by Crippen LogP contribution is 2.17. The average Bonchev–Trinajstić information content (AvgIpc) is 2.42. The van der Waals surface area contributed by atoms with E-state index in [2.05, 4.69) is 37.5 Å². The molecule has 15 heavy (non-hydrogen) atoms. The Balaban J connectivity index is 2.83. The van der Waals surface area contributed by atoms with Crippen LogP contribution in [0, 0.1) is 19.8 Å². The standard InChI is InChI=1S/C12H22N2O/c1-9(2)8-12-10(3)13-14(11(12)4)6-7-15-5/h9H,6-8H2,1-5H3. The predicted molar refractivity (Wildman–Crippen MR) is 62.1 cm³/mol. The van der Waals surface area contributed by atoms with Crippen molar-refractivity contribution < 1.29 is 4.74 Å². The lowest BCUT2D eigenvalue weighted by Crippen LogP contribution is -2.08. The van der Waals surface area contributed by atoms with E-state index in [9.17, 15) is 0 Å². The monoisotopic (exact) mass is 210 g/mol. The molecule has 0 aliphatic rings. The molecule has 3 nitrogen and oxygen atoms in total. The molecule has 0 saturated heterocycles. The number of ether oxygens (including phenoxy) is 1. The van der Waals surface area contributed by atoms with E-state index >= 15 is 0 Å². The molecule has 0 aliphatic carbocycles. The summed E-state index contributed by atoms with van der Waals surface area (Å²) in [5.41, 5.74) is 3.86. The first kappa shape index (κ1) is 12.2. The maximum atomic E-state index is 5.07. The van der Waals surface area contributed by atoms with Crippen molar-refractivity contribution in [1.29, 1.82) is 0 Å². The summed E-state index contributed by atoms with van der Waals surface area (Å²) in [4.78, 5) is 0. The van der Waals surface area contributed by atoms with Crippen LogP contribution in [-0.4, -0.2) is 23.5 Å². The van der Waals surface area contributed by atoms with Crippen LogP contribution < -0.4 is 0 Å². The van der Waals surface area contributed by atoms with Gasteiger partial charge in [-0.1, -0.05) is 13.8 Å². The van der Waals surface area contributed by atoms with Gasteiger partial charge in [0.05, 0.1) is 18.8 Å². The number of methoxy groups -OCH3 is 1. The Labute approximate surface area is 92.4 Å². The second-order valence-corrected chi connectivity index (χ2v) is 4.46. The van der Waals surface area contributed by atoms with E-state index in [-0.39, 0.29) is 0 Å². The third-order valence-electron chi connectivity index (χ3n) is 2.65. The van der Waals surface area contributed by atoms with E-state index in [1.54, 1.807) is 7.11 Å². The van der Waals surface area contributed by atoms with Crippen LogP contribution in [0.2, 0.25) is 0 Å². The third kappa shape index (κ3) is 3.06.